The second-order valence-corrected chi connectivity index (χ2v) is 4.80. The third-order valence-corrected chi connectivity index (χ3v) is 3.07. The number of hydrogen-bond donors (Lipinski definition) is 2. The molecule has 122 valence electrons. The van der Waals surface area contributed by atoms with Gasteiger partial charge in [0.25, 0.3) is 0 Å². The maximum Gasteiger partial charge on any atom is 0.192 e. The van der Waals surface area contributed by atoms with E-state index in [-0.39, 0.29) is 24.0 Å². The standard InChI is InChI=1S/C17H21N5.HI/c1-3-9-20-17(19-4-2)21-12-15-5-7-16(8-6-15)13-22-11-10-18-14-22;/h1,5-8,10-11,14H,4,9,12-13H2,2H3,(H2,19,20,21);1H. The number of terminal acetylenes is 1. The van der Waals surface area contributed by atoms with Gasteiger partial charge in [0.15, 0.2) is 5.96 Å². The van der Waals surface area contributed by atoms with Crippen molar-refractivity contribution in [2.24, 2.45) is 4.99 Å². The fourth-order valence-electron chi connectivity index (χ4n) is 1.99. The van der Waals surface area contributed by atoms with Crippen LogP contribution in [0.15, 0.2) is 48.0 Å². The Morgan fingerprint density at radius 1 is 1.26 bits per heavy atom. The molecule has 1 aromatic heterocycles. The molecule has 0 fully saturated rings. The van der Waals surface area contributed by atoms with E-state index >= 15 is 0 Å². The Balaban J connectivity index is 0.00000264. The van der Waals surface area contributed by atoms with Crippen LogP contribution in [0.25, 0.3) is 0 Å². The van der Waals surface area contributed by atoms with Gasteiger partial charge >= 0.3 is 0 Å². The van der Waals surface area contributed by atoms with Crippen LogP contribution >= 0.6 is 24.0 Å². The van der Waals surface area contributed by atoms with Crippen molar-refractivity contribution < 1.29 is 0 Å². The smallest absolute Gasteiger partial charge is 0.192 e. The Bertz CT molecular complexity index is 626. The second-order valence-electron chi connectivity index (χ2n) is 4.80. The van der Waals surface area contributed by atoms with Crippen LogP contribution in [-0.4, -0.2) is 28.6 Å². The van der Waals surface area contributed by atoms with E-state index < -0.39 is 0 Å². The van der Waals surface area contributed by atoms with Crippen molar-refractivity contribution in [3.63, 3.8) is 0 Å². The van der Waals surface area contributed by atoms with Crippen LogP contribution in [0.4, 0.5) is 0 Å². The molecule has 1 heterocycles. The average molecular weight is 423 g/mol. The Hall–Kier alpha value is -2.01. The van der Waals surface area contributed by atoms with Gasteiger partial charge in [-0.3, -0.25) is 0 Å². The number of halogens is 1. The molecule has 0 atom stereocenters. The minimum atomic E-state index is 0. The summed E-state index contributed by atoms with van der Waals surface area (Å²) in [6.45, 7) is 4.75. The van der Waals surface area contributed by atoms with E-state index in [9.17, 15) is 0 Å². The number of aromatic nitrogens is 2. The van der Waals surface area contributed by atoms with Gasteiger partial charge in [0.2, 0.25) is 0 Å². The Kier molecular flexibility index (Phi) is 8.83. The summed E-state index contributed by atoms with van der Waals surface area (Å²) in [4.78, 5) is 8.55. The molecular formula is C17H22IN5. The van der Waals surface area contributed by atoms with E-state index in [1.165, 1.54) is 5.56 Å². The Morgan fingerprint density at radius 3 is 2.61 bits per heavy atom. The van der Waals surface area contributed by atoms with E-state index in [1.807, 2.05) is 24.0 Å². The van der Waals surface area contributed by atoms with Gasteiger partial charge in [-0.1, -0.05) is 30.2 Å². The lowest BCUT2D eigenvalue weighted by molar-refractivity contribution is 0.796. The van der Waals surface area contributed by atoms with Crippen molar-refractivity contribution in [1.82, 2.24) is 20.2 Å². The molecule has 2 N–H and O–H groups in total. The maximum atomic E-state index is 5.25. The molecule has 2 rings (SSSR count). The number of guanidine groups is 1. The van der Waals surface area contributed by atoms with Gasteiger partial charge in [-0.15, -0.1) is 30.4 Å². The lowest BCUT2D eigenvalue weighted by Crippen LogP contribution is -2.37. The third kappa shape index (κ3) is 6.74. The van der Waals surface area contributed by atoms with Crippen LogP contribution in [0.2, 0.25) is 0 Å². The molecule has 0 saturated heterocycles. The van der Waals surface area contributed by atoms with Crippen LogP contribution in [0.3, 0.4) is 0 Å². The molecule has 5 nitrogen and oxygen atoms in total. The normalized spacial score (nSPS) is 10.5. The fourth-order valence-corrected chi connectivity index (χ4v) is 1.99. The number of rotatable bonds is 6. The summed E-state index contributed by atoms with van der Waals surface area (Å²) in [5.74, 6) is 3.28. The molecule has 0 aliphatic rings. The first-order valence-corrected chi connectivity index (χ1v) is 7.31. The molecule has 0 aliphatic heterocycles. The van der Waals surface area contributed by atoms with Gasteiger partial charge in [-0.05, 0) is 18.1 Å². The monoisotopic (exact) mass is 423 g/mol. The molecular weight excluding hydrogens is 401 g/mol. The molecule has 0 radical (unpaired) electrons. The van der Waals surface area contributed by atoms with E-state index in [4.69, 9.17) is 6.42 Å². The average Bonchev–Trinajstić information content (AvgIpc) is 3.04. The highest BCUT2D eigenvalue weighted by Gasteiger charge is 1.98. The highest BCUT2D eigenvalue weighted by atomic mass is 127. The molecule has 0 amide bonds. The summed E-state index contributed by atoms with van der Waals surface area (Å²) < 4.78 is 2.04. The van der Waals surface area contributed by atoms with E-state index in [1.54, 1.807) is 6.20 Å². The fraction of sp³-hybridized carbons (Fsp3) is 0.294. The van der Waals surface area contributed by atoms with Crippen LogP contribution < -0.4 is 10.6 Å². The number of nitrogens with zero attached hydrogens (tertiary/aromatic N) is 3. The summed E-state index contributed by atoms with van der Waals surface area (Å²) in [6.07, 6.45) is 10.8. The molecule has 0 spiro atoms. The van der Waals surface area contributed by atoms with Gasteiger partial charge in [-0.25, -0.2) is 9.98 Å². The molecule has 0 unspecified atom stereocenters. The van der Waals surface area contributed by atoms with Gasteiger partial charge < -0.3 is 15.2 Å². The van der Waals surface area contributed by atoms with Gasteiger partial charge in [-0.2, -0.15) is 0 Å². The molecule has 0 bridgehead atoms. The molecule has 6 heteroatoms. The summed E-state index contributed by atoms with van der Waals surface area (Å²) >= 11 is 0. The lowest BCUT2D eigenvalue weighted by Gasteiger charge is -2.09. The quantitative estimate of drug-likeness (QED) is 0.324. The number of benzene rings is 1. The molecule has 2 aromatic rings. The van der Waals surface area contributed by atoms with Gasteiger partial charge in [0, 0.05) is 25.5 Å². The topological polar surface area (TPSA) is 54.2 Å². The highest BCUT2D eigenvalue weighted by Crippen LogP contribution is 2.07. The Labute approximate surface area is 154 Å². The second kappa shape index (κ2) is 10.7. The first-order chi connectivity index (χ1) is 10.8. The molecule has 0 aliphatic carbocycles. The van der Waals surface area contributed by atoms with E-state index in [0.717, 1.165) is 24.6 Å². The van der Waals surface area contributed by atoms with E-state index in [2.05, 4.69) is 50.8 Å². The van der Waals surface area contributed by atoms with Crippen molar-refractivity contribution in [1.29, 1.82) is 0 Å². The Morgan fingerprint density at radius 2 is 2.00 bits per heavy atom. The SMILES string of the molecule is C#CCNC(=NCc1ccc(Cn2ccnc2)cc1)NCC.I. The number of hydrogen-bond acceptors (Lipinski definition) is 2. The summed E-state index contributed by atoms with van der Waals surface area (Å²) in [6, 6.07) is 8.43. The molecule has 1 aromatic carbocycles. The maximum absolute atomic E-state index is 5.25. The van der Waals surface area contributed by atoms with Crippen molar-refractivity contribution >= 4 is 29.9 Å². The predicted molar refractivity (Wildman–Crippen MR) is 105 cm³/mol. The minimum absolute atomic E-state index is 0. The number of imidazole rings is 1. The van der Waals surface area contributed by atoms with Crippen LogP contribution in [-0.2, 0) is 13.1 Å². The highest BCUT2D eigenvalue weighted by molar-refractivity contribution is 14.0. The predicted octanol–water partition coefficient (Wildman–Crippen LogP) is 2.24. The minimum Gasteiger partial charge on any atom is -0.357 e. The zero-order valence-electron chi connectivity index (χ0n) is 13.2. The summed E-state index contributed by atoms with van der Waals surface area (Å²) in [5.41, 5.74) is 2.40. The zero-order chi connectivity index (χ0) is 15.6. The first-order valence-electron chi connectivity index (χ1n) is 7.31. The first kappa shape index (κ1) is 19.0. The molecule has 0 saturated carbocycles. The number of aliphatic imine (C=N–C) groups is 1. The van der Waals surface area contributed by atoms with Crippen LogP contribution in [0.5, 0.6) is 0 Å². The van der Waals surface area contributed by atoms with Crippen LogP contribution in [0, 0.1) is 12.3 Å². The van der Waals surface area contributed by atoms with Crippen molar-refractivity contribution in [2.45, 2.75) is 20.0 Å². The van der Waals surface area contributed by atoms with Crippen molar-refractivity contribution in [3.8, 4) is 12.3 Å². The summed E-state index contributed by atoms with van der Waals surface area (Å²) in [5, 5.41) is 6.24. The third-order valence-electron chi connectivity index (χ3n) is 3.07. The lowest BCUT2D eigenvalue weighted by atomic mass is 10.1. The van der Waals surface area contributed by atoms with E-state index in [0.29, 0.717) is 13.1 Å². The van der Waals surface area contributed by atoms with Crippen molar-refractivity contribution in [3.05, 3.63) is 54.1 Å². The van der Waals surface area contributed by atoms with Crippen molar-refractivity contribution in [2.75, 3.05) is 13.1 Å². The van der Waals surface area contributed by atoms with Gasteiger partial charge in [0.05, 0.1) is 19.4 Å². The summed E-state index contributed by atoms with van der Waals surface area (Å²) in [7, 11) is 0. The van der Waals surface area contributed by atoms with Gasteiger partial charge in [0.1, 0.15) is 0 Å². The van der Waals surface area contributed by atoms with Crippen LogP contribution in [0.1, 0.15) is 18.1 Å². The number of nitrogens with one attached hydrogen (secondary N) is 2. The zero-order valence-corrected chi connectivity index (χ0v) is 15.5. The largest absolute Gasteiger partial charge is 0.357 e. The molecule has 23 heavy (non-hydrogen) atoms.